The lowest BCUT2D eigenvalue weighted by molar-refractivity contribution is -0.384. The number of imidazole rings is 1. The maximum absolute atomic E-state index is 12.3. The number of hydrogen-bond acceptors (Lipinski definition) is 4. The number of hydrogen-bond donors (Lipinski definition) is 1. The van der Waals surface area contributed by atoms with Gasteiger partial charge < -0.3 is 4.98 Å². The molecule has 0 fully saturated rings. The fourth-order valence-corrected chi connectivity index (χ4v) is 2.10. The molecule has 104 valence electrons. The number of benzene rings is 2. The Bertz CT molecular complexity index is 850. The number of rotatable bonds is 3. The van der Waals surface area contributed by atoms with Crippen LogP contribution in [0, 0.1) is 17.0 Å². The van der Waals surface area contributed by atoms with Crippen molar-refractivity contribution in [1.29, 1.82) is 0 Å². The van der Waals surface area contributed by atoms with Gasteiger partial charge in [0.2, 0.25) is 5.78 Å². The van der Waals surface area contributed by atoms with Gasteiger partial charge in [-0.05, 0) is 36.8 Å². The third-order valence-electron chi connectivity index (χ3n) is 3.19. The number of carbonyl (C=O) groups excluding carboxylic acids is 1. The minimum atomic E-state index is -0.502. The van der Waals surface area contributed by atoms with Crippen molar-refractivity contribution in [3.05, 3.63) is 69.5 Å². The molecule has 0 saturated carbocycles. The molecule has 6 heteroatoms. The van der Waals surface area contributed by atoms with Crippen molar-refractivity contribution in [1.82, 2.24) is 9.97 Å². The summed E-state index contributed by atoms with van der Waals surface area (Å²) in [4.78, 5) is 29.6. The van der Waals surface area contributed by atoms with Crippen molar-refractivity contribution in [3.63, 3.8) is 0 Å². The van der Waals surface area contributed by atoms with E-state index in [0.29, 0.717) is 11.1 Å². The number of aromatic nitrogens is 2. The molecule has 0 aliphatic carbocycles. The van der Waals surface area contributed by atoms with E-state index in [4.69, 9.17) is 0 Å². The van der Waals surface area contributed by atoms with Crippen molar-refractivity contribution in [3.8, 4) is 0 Å². The molecule has 0 amide bonds. The third kappa shape index (κ3) is 2.38. The first-order valence-corrected chi connectivity index (χ1v) is 6.30. The standard InChI is InChI=1S/C15H11N3O3/c1-9-2-7-12-13(8-9)17-15(16-12)14(19)10-3-5-11(6-4-10)18(20)21/h2-8H,1H3,(H,16,17). The Balaban J connectivity index is 1.97. The average Bonchev–Trinajstić information content (AvgIpc) is 2.89. The molecule has 0 bridgehead atoms. The highest BCUT2D eigenvalue weighted by atomic mass is 16.6. The van der Waals surface area contributed by atoms with E-state index < -0.39 is 4.92 Å². The van der Waals surface area contributed by atoms with Crippen LogP contribution in [0.4, 0.5) is 5.69 Å². The number of nitrogens with one attached hydrogen (secondary N) is 1. The lowest BCUT2D eigenvalue weighted by Gasteiger charge is -1.97. The molecule has 0 radical (unpaired) electrons. The summed E-state index contributed by atoms with van der Waals surface area (Å²) in [6.07, 6.45) is 0. The number of aryl methyl sites for hydroxylation is 1. The van der Waals surface area contributed by atoms with Gasteiger partial charge >= 0.3 is 0 Å². The second kappa shape index (κ2) is 4.82. The first-order valence-electron chi connectivity index (χ1n) is 6.30. The highest BCUT2D eigenvalue weighted by Gasteiger charge is 2.15. The molecule has 21 heavy (non-hydrogen) atoms. The Kier molecular flexibility index (Phi) is 2.98. The number of H-pyrrole nitrogens is 1. The van der Waals surface area contributed by atoms with Gasteiger partial charge in [-0.15, -0.1) is 0 Å². The summed E-state index contributed by atoms with van der Waals surface area (Å²) >= 11 is 0. The lowest BCUT2D eigenvalue weighted by atomic mass is 10.1. The quantitative estimate of drug-likeness (QED) is 0.454. The zero-order valence-electron chi connectivity index (χ0n) is 11.2. The minimum Gasteiger partial charge on any atom is -0.335 e. The SMILES string of the molecule is Cc1ccc2nc(C(=O)c3ccc([N+](=O)[O-])cc3)[nH]c2c1. The lowest BCUT2D eigenvalue weighted by Crippen LogP contribution is -2.03. The first kappa shape index (κ1) is 13.0. The molecule has 3 aromatic rings. The maximum atomic E-state index is 12.3. The van der Waals surface area contributed by atoms with Crippen molar-refractivity contribution in [2.24, 2.45) is 0 Å². The van der Waals surface area contributed by atoms with E-state index in [1.807, 2.05) is 25.1 Å². The second-order valence-electron chi connectivity index (χ2n) is 4.74. The Morgan fingerprint density at radius 2 is 1.90 bits per heavy atom. The van der Waals surface area contributed by atoms with Gasteiger partial charge in [0.15, 0.2) is 5.82 Å². The number of nitro groups is 1. The molecule has 0 aliphatic heterocycles. The van der Waals surface area contributed by atoms with Crippen LogP contribution >= 0.6 is 0 Å². The Labute approximate surface area is 119 Å². The zero-order valence-corrected chi connectivity index (χ0v) is 11.2. The van der Waals surface area contributed by atoms with E-state index in [2.05, 4.69) is 9.97 Å². The number of nitro benzene ring substituents is 1. The van der Waals surface area contributed by atoms with Crippen LogP contribution in [0.5, 0.6) is 0 Å². The Hall–Kier alpha value is -3.02. The highest BCUT2D eigenvalue weighted by molar-refractivity contribution is 6.08. The zero-order chi connectivity index (χ0) is 15.0. The number of aromatic amines is 1. The minimum absolute atomic E-state index is 0.0493. The third-order valence-corrected chi connectivity index (χ3v) is 3.19. The molecule has 0 atom stereocenters. The summed E-state index contributed by atoms with van der Waals surface area (Å²) in [5.74, 6) is -0.0665. The van der Waals surface area contributed by atoms with Gasteiger partial charge in [-0.1, -0.05) is 6.07 Å². The highest BCUT2D eigenvalue weighted by Crippen LogP contribution is 2.17. The van der Waals surface area contributed by atoms with E-state index in [0.717, 1.165) is 11.1 Å². The van der Waals surface area contributed by atoms with Crippen molar-refractivity contribution < 1.29 is 9.72 Å². The van der Waals surface area contributed by atoms with E-state index >= 15 is 0 Å². The van der Waals surface area contributed by atoms with Crippen LogP contribution in [0.15, 0.2) is 42.5 Å². The van der Waals surface area contributed by atoms with E-state index in [1.54, 1.807) is 0 Å². The molecule has 0 unspecified atom stereocenters. The number of carbonyl (C=O) groups is 1. The predicted molar refractivity (Wildman–Crippen MR) is 77.4 cm³/mol. The van der Waals surface area contributed by atoms with Crippen LogP contribution in [0.2, 0.25) is 0 Å². The molecule has 6 nitrogen and oxygen atoms in total. The molecule has 0 spiro atoms. The van der Waals surface area contributed by atoms with Crippen molar-refractivity contribution in [2.45, 2.75) is 6.92 Å². The summed E-state index contributed by atoms with van der Waals surface area (Å²) < 4.78 is 0. The van der Waals surface area contributed by atoms with Gasteiger partial charge in [0, 0.05) is 17.7 Å². The molecule has 0 saturated heterocycles. The van der Waals surface area contributed by atoms with Crippen molar-refractivity contribution >= 4 is 22.5 Å². The largest absolute Gasteiger partial charge is 0.335 e. The van der Waals surface area contributed by atoms with Gasteiger partial charge in [0.25, 0.3) is 5.69 Å². The van der Waals surface area contributed by atoms with Crippen molar-refractivity contribution in [2.75, 3.05) is 0 Å². The Morgan fingerprint density at radius 1 is 1.19 bits per heavy atom. The van der Waals surface area contributed by atoms with Gasteiger partial charge in [-0.25, -0.2) is 4.98 Å². The Morgan fingerprint density at radius 3 is 2.57 bits per heavy atom. The smallest absolute Gasteiger partial charge is 0.269 e. The number of fused-ring (bicyclic) bond motifs is 1. The summed E-state index contributed by atoms with van der Waals surface area (Å²) in [6.45, 7) is 1.96. The summed E-state index contributed by atoms with van der Waals surface area (Å²) in [7, 11) is 0. The normalized spacial score (nSPS) is 10.7. The average molecular weight is 281 g/mol. The summed E-state index contributed by atoms with van der Waals surface area (Å²) in [5, 5.41) is 10.6. The van der Waals surface area contributed by atoms with Crippen LogP contribution in [0.1, 0.15) is 21.7 Å². The summed E-state index contributed by atoms with van der Waals surface area (Å²) in [6, 6.07) is 11.1. The van der Waals surface area contributed by atoms with Gasteiger partial charge in [0.1, 0.15) is 0 Å². The van der Waals surface area contributed by atoms with Crippen LogP contribution < -0.4 is 0 Å². The molecule has 1 aromatic heterocycles. The van der Waals surface area contributed by atoms with Gasteiger partial charge in [-0.2, -0.15) is 0 Å². The van der Waals surface area contributed by atoms with E-state index in [9.17, 15) is 14.9 Å². The first-order chi connectivity index (χ1) is 10.0. The van der Waals surface area contributed by atoms with Crippen LogP contribution in [-0.2, 0) is 0 Å². The maximum Gasteiger partial charge on any atom is 0.269 e. The molecule has 3 rings (SSSR count). The van der Waals surface area contributed by atoms with Crippen LogP contribution in [-0.4, -0.2) is 20.7 Å². The van der Waals surface area contributed by atoms with Gasteiger partial charge in [-0.3, -0.25) is 14.9 Å². The molecular weight excluding hydrogens is 270 g/mol. The second-order valence-corrected chi connectivity index (χ2v) is 4.74. The fraction of sp³-hybridized carbons (Fsp3) is 0.0667. The topological polar surface area (TPSA) is 88.9 Å². The van der Waals surface area contributed by atoms with Crippen LogP contribution in [0.3, 0.4) is 0 Å². The fourth-order valence-electron chi connectivity index (χ4n) is 2.10. The number of nitrogens with zero attached hydrogens (tertiary/aromatic N) is 2. The summed E-state index contributed by atoms with van der Waals surface area (Å²) in [5.41, 5.74) is 2.88. The van der Waals surface area contributed by atoms with E-state index in [-0.39, 0.29) is 17.3 Å². The molecule has 2 aromatic carbocycles. The number of ketones is 1. The molecule has 1 N–H and O–H groups in total. The monoisotopic (exact) mass is 281 g/mol. The molecule has 1 heterocycles. The number of non-ortho nitro benzene ring substituents is 1. The van der Waals surface area contributed by atoms with Gasteiger partial charge in [0.05, 0.1) is 16.0 Å². The predicted octanol–water partition coefficient (Wildman–Crippen LogP) is 3.01. The van der Waals surface area contributed by atoms with E-state index in [1.165, 1.54) is 24.3 Å². The molecular formula is C15H11N3O3. The van der Waals surface area contributed by atoms with Crippen LogP contribution in [0.25, 0.3) is 11.0 Å². The molecule has 0 aliphatic rings.